The van der Waals surface area contributed by atoms with E-state index in [-0.39, 0.29) is 18.9 Å². The summed E-state index contributed by atoms with van der Waals surface area (Å²) in [5.41, 5.74) is 0. The first kappa shape index (κ1) is 85.5. The number of rotatable bonds is 57. The van der Waals surface area contributed by atoms with E-state index in [0.717, 1.165) is 96.3 Å². The number of unbranched alkanes of at least 4 members (excludes halogenated alkanes) is 29. The van der Waals surface area contributed by atoms with Gasteiger partial charge in [-0.2, -0.15) is 0 Å². The first-order valence-corrected chi connectivity index (χ1v) is 37.2. The molecule has 3 fully saturated rings. The predicted octanol–water partition coefficient (Wildman–Crippen LogP) is 10.9. The fourth-order valence-electron chi connectivity index (χ4n) is 12.3. The molecule has 546 valence electrons. The summed E-state index contributed by atoms with van der Waals surface area (Å²) < 4.78 is 34.5. The summed E-state index contributed by atoms with van der Waals surface area (Å²) in [6, 6.07) is -0.898. The number of carbonyl (C=O) groups is 1. The van der Waals surface area contributed by atoms with Gasteiger partial charge in [-0.25, -0.2) is 0 Å². The molecule has 0 bridgehead atoms. The molecule has 0 aromatic carbocycles. The van der Waals surface area contributed by atoms with E-state index in [1.165, 1.54) is 135 Å². The summed E-state index contributed by atoms with van der Waals surface area (Å²) in [4.78, 5) is 13.5. The Kier molecular flexibility index (Phi) is 50.9. The lowest BCUT2D eigenvalue weighted by molar-refractivity contribution is -0.379. The lowest BCUT2D eigenvalue weighted by atomic mass is 9.96. The van der Waals surface area contributed by atoms with Gasteiger partial charge in [0.15, 0.2) is 18.9 Å². The minimum Gasteiger partial charge on any atom is -0.394 e. The average molecular weight is 1340 g/mol. The maximum Gasteiger partial charge on any atom is 0.220 e. The highest BCUT2D eigenvalue weighted by Crippen LogP contribution is 2.33. The Labute approximate surface area is 566 Å². The van der Waals surface area contributed by atoms with E-state index in [0.29, 0.717) is 12.8 Å². The van der Waals surface area contributed by atoms with Crippen molar-refractivity contribution in [2.75, 3.05) is 26.4 Å². The fraction of sp³-hybridized carbons (Fsp3) is 0.827. The van der Waals surface area contributed by atoms with Crippen LogP contribution in [0.4, 0.5) is 0 Å². The van der Waals surface area contributed by atoms with E-state index < -0.39 is 124 Å². The highest BCUT2D eigenvalue weighted by molar-refractivity contribution is 5.76. The van der Waals surface area contributed by atoms with Crippen LogP contribution in [0.15, 0.2) is 72.9 Å². The smallest absolute Gasteiger partial charge is 0.220 e. The maximum absolute atomic E-state index is 13.5. The highest BCUT2D eigenvalue weighted by atomic mass is 16.8. The fourth-order valence-corrected chi connectivity index (χ4v) is 12.3. The lowest BCUT2D eigenvalue weighted by Crippen LogP contribution is -2.66. The molecule has 3 saturated heterocycles. The molecule has 0 aromatic rings. The number of ether oxygens (including phenoxy) is 6. The summed E-state index contributed by atoms with van der Waals surface area (Å²) in [7, 11) is 0. The molecule has 0 aromatic heterocycles. The van der Waals surface area contributed by atoms with Gasteiger partial charge in [0.05, 0.1) is 38.6 Å². The van der Waals surface area contributed by atoms with Gasteiger partial charge in [0.1, 0.15) is 73.2 Å². The Morgan fingerprint density at radius 1 is 0.394 bits per heavy atom. The molecule has 19 nitrogen and oxygen atoms in total. The molecule has 3 heterocycles. The van der Waals surface area contributed by atoms with Crippen LogP contribution in [0.1, 0.15) is 264 Å². The summed E-state index contributed by atoms with van der Waals surface area (Å²) in [6.45, 7) is 1.70. The Balaban J connectivity index is 1.41. The summed E-state index contributed by atoms with van der Waals surface area (Å²) in [5, 5.41) is 121. The van der Waals surface area contributed by atoms with Crippen LogP contribution in [0.5, 0.6) is 0 Å². The molecule has 19 heteroatoms. The molecule has 0 saturated carbocycles. The number of aliphatic hydroxyl groups is 11. The molecule has 0 spiro atoms. The van der Waals surface area contributed by atoms with Gasteiger partial charge in [0.25, 0.3) is 0 Å². The number of allylic oxidation sites excluding steroid dienone is 12. The molecule has 1 amide bonds. The lowest BCUT2D eigenvalue weighted by Gasteiger charge is -2.48. The predicted molar refractivity (Wildman–Crippen MR) is 369 cm³/mol. The first-order valence-electron chi connectivity index (χ1n) is 37.2. The van der Waals surface area contributed by atoms with Gasteiger partial charge in [-0.05, 0) is 64.2 Å². The van der Waals surface area contributed by atoms with Crippen molar-refractivity contribution in [1.29, 1.82) is 0 Å². The van der Waals surface area contributed by atoms with Gasteiger partial charge in [-0.1, -0.05) is 267 Å². The molecule has 0 aliphatic carbocycles. The molecule has 0 radical (unpaired) electrons. The molecule has 3 aliphatic rings. The van der Waals surface area contributed by atoms with Crippen molar-refractivity contribution in [2.24, 2.45) is 0 Å². The maximum atomic E-state index is 13.5. The van der Waals surface area contributed by atoms with E-state index in [9.17, 15) is 61.0 Å². The van der Waals surface area contributed by atoms with Gasteiger partial charge in [-0.15, -0.1) is 0 Å². The summed E-state index contributed by atoms with van der Waals surface area (Å²) in [5.74, 6) is -0.252. The number of nitrogens with one attached hydrogen (secondary N) is 1. The quantitative estimate of drug-likeness (QED) is 0.0199. The number of carbonyl (C=O) groups excluding carboxylic acids is 1. The molecule has 94 heavy (non-hydrogen) atoms. The van der Waals surface area contributed by atoms with Crippen LogP contribution in [0, 0.1) is 0 Å². The van der Waals surface area contributed by atoms with Crippen molar-refractivity contribution in [3.8, 4) is 0 Å². The Morgan fingerprint density at radius 3 is 1.15 bits per heavy atom. The monoisotopic (exact) mass is 1340 g/mol. The van der Waals surface area contributed by atoms with Gasteiger partial charge < -0.3 is 89.9 Å². The van der Waals surface area contributed by atoms with Crippen molar-refractivity contribution in [1.82, 2.24) is 5.32 Å². The van der Waals surface area contributed by atoms with Gasteiger partial charge in [0.2, 0.25) is 5.91 Å². The number of hydrogen-bond donors (Lipinski definition) is 12. The van der Waals surface area contributed by atoms with E-state index in [2.05, 4.69) is 92.1 Å². The number of amides is 1. The average Bonchev–Trinajstić information content (AvgIpc) is 0.787. The summed E-state index contributed by atoms with van der Waals surface area (Å²) >= 11 is 0. The Morgan fingerprint density at radius 2 is 0.734 bits per heavy atom. The summed E-state index contributed by atoms with van der Waals surface area (Å²) in [6.07, 6.45) is 43.9. The molecule has 17 unspecified atom stereocenters. The van der Waals surface area contributed by atoms with Crippen molar-refractivity contribution in [2.45, 2.75) is 369 Å². The van der Waals surface area contributed by atoms with Crippen molar-refractivity contribution in [3.63, 3.8) is 0 Å². The van der Waals surface area contributed by atoms with Gasteiger partial charge in [0, 0.05) is 6.42 Å². The van der Waals surface area contributed by atoms with E-state index in [4.69, 9.17) is 28.4 Å². The standard InChI is InChI=1S/C75H133NO18/c1-3-5-7-9-11-13-15-17-19-21-23-25-27-28-29-30-31-33-35-37-39-41-43-45-47-49-51-53-63(81)76-58(59(80)52-50-48-46-44-42-40-38-36-34-32-26-24-22-20-18-16-14-12-10-8-6-4-2)57-89-73-69(87)66(84)71(61(55-78)91-73)94-75-70(88)67(85)72(62(56-79)92-75)93-74-68(86)65(83)64(82)60(54-77)90-74/h5,7,11,13,17,19,23,25,28-29,31,33,58-62,64-75,77-80,82-88H,3-4,6,8-10,12,14-16,18,20-22,24,26-27,30,32,34-57H2,1-2H3,(H,76,81)/b7-5-,13-11-,19-17-,25-23-,29-28-,33-31-. The molecular weight excluding hydrogens is 1200 g/mol. The van der Waals surface area contributed by atoms with E-state index in [1.54, 1.807) is 0 Å². The minimum absolute atomic E-state index is 0.252. The topological polar surface area (TPSA) is 307 Å². The van der Waals surface area contributed by atoms with Crippen LogP contribution in [-0.2, 0) is 33.2 Å². The van der Waals surface area contributed by atoms with Crippen molar-refractivity contribution < 1.29 is 89.4 Å². The third kappa shape index (κ3) is 36.9. The Bertz CT molecular complexity index is 1980. The Hall–Kier alpha value is -2.77. The zero-order valence-corrected chi connectivity index (χ0v) is 57.9. The van der Waals surface area contributed by atoms with Crippen LogP contribution in [0.3, 0.4) is 0 Å². The van der Waals surface area contributed by atoms with Gasteiger partial charge in [-0.3, -0.25) is 4.79 Å². The van der Waals surface area contributed by atoms with Crippen LogP contribution < -0.4 is 5.32 Å². The van der Waals surface area contributed by atoms with Crippen LogP contribution in [0.25, 0.3) is 0 Å². The minimum atomic E-state index is -1.98. The van der Waals surface area contributed by atoms with Crippen LogP contribution in [-0.4, -0.2) is 193 Å². The van der Waals surface area contributed by atoms with E-state index in [1.807, 2.05) is 0 Å². The van der Waals surface area contributed by atoms with Crippen LogP contribution in [0.2, 0.25) is 0 Å². The van der Waals surface area contributed by atoms with Crippen molar-refractivity contribution >= 4 is 5.91 Å². The third-order valence-electron chi connectivity index (χ3n) is 18.3. The largest absolute Gasteiger partial charge is 0.394 e. The number of hydrogen-bond acceptors (Lipinski definition) is 18. The molecule has 12 N–H and O–H groups in total. The second-order valence-corrected chi connectivity index (χ2v) is 26.4. The number of aliphatic hydroxyl groups excluding tert-OH is 11. The van der Waals surface area contributed by atoms with E-state index >= 15 is 0 Å². The molecular formula is C75H133NO18. The molecule has 17 atom stereocenters. The van der Waals surface area contributed by atoms with Crippen molar-refractivity contribution in [3.05, 3.63) is 72.9 Å². The second kappa shape index (κ2) is 56.0. The zero-order valence-electron chi connectivity index (χ0n) is 57.9. The normalized spacial score (nSPS) is 27.8. The highest BCUT2D eigenvalue weighted by Gasteiger charge is 2.53. The SMILES string of the molecule is CC/C=C\C/C=C\C/C=C\C/C=C\C/C=C\C/C=C\CCCCCCCCCCC(=O)NC(COC1OC(CO)C(OC2OC(CO)C(OC3OC(CO)C(O)C(O)C3O)C(O)C2O)C(O)C1O)C(O)CCCCCCCCCCCCCCCCCCCCCCCC. The molecule has 3 rings (SSSR count). The zero-order chi connectivity index (χ0) is 68.2. The van der Waals surface area contributed by atoms with Gasteiger partial charge >= 0.3 is 0 Å². The first-order chi connectivity index (χ1) is 45.8. The third-order valence-corrected chi connectivity index (χ3v) is 18.3. The molecule has 3 aliphatic heterocycles. The second-order valence-electron chi connectivity index (χ2n) is 26.4. The van der Waals surface area contributed by atoms with Crippen LogP contribution >= 0.6 is 0 Å².